The van der Waals surface area contributed by atoms with Crippen LogP contribution in [0.15, 0.2) is 27.9 Å². The molecule has 0 spiro atoms. The molecule has 2 unspecified atom stereocenters. The molecule has 0 aliphatic carbocycles. The molecule has 0 bridgehead atoms. The Bertz CT molecular complexity index is 645. The molecule has 3 heterocycles. The minimum atomic E-state index is -0.531. The van der Waals surface area contributed by atoms with Gasteiger partial charge >= 0.3 is 6.03 Å². The number of aliphatic imine (C=N–C) groups is 1. The minimum absolute atomic E-state index is 0.231. The molecule has 7 nitrogen and oxygen atoms in total. The first-order valence-electron chi connectivity index (χ1n) is 7.15. The van der Waals surface area contributed by atoms with Gasteiger partial charge in [0.25, 0.3) is 5.91 Å². The maximum absolute atomic E-state index is 12.5. The lowest BCUT2D eigenvalue weighted by molar-refractivity contribution is -0.134. The van der Waals surface area contributed by atoms with Crippen molar-refractivity contribution in [3.05, 3.63) is 28.5 Å². The molecular weight excluding hydrogens is 350 g/mol. The molecule has 0 aromatic carbocycles. The maximum Gasteiger partial charge on any atom is 0.328 e. The number of amides is 3. The maximum atomic E-state index is 12.5. The van der Waals surface area contributed by atoms with E-state index >= 15 is 0 Å². The number of nitrogens with zero attached hydrogens (tertiary/aromatic N) is 4. The molecule has 2 atom stereocenters. The molecule has 3 rings (SSSR count). The first-order chi connectivity index (χ1) is 10.6. The average molecular weight is 366 g/mol. The van der Waals surface area contributed by atoms with E-state index in [9.17, 15) is 9.59 Å². The van der Waals surface area contributed by atoms with Crippen molar-refractivity contribution in [3.8, 4) is 0 Å². The zero-order valence-electron chi connectivity index (χ0n) is 12.3. The van der Waals surface area contributed by atoms with Crippen LogP contribution in [0.3, 0.4) is 0 Å². The molecule has 0 radical (unpaired) electrons. The largest absolute Gasteiger partial charge is 0.355 e. The van der Waals surface area contributed by atoms with Crippen LogP contribution in [0, 0.1) is 0 Å². The Labute approximate surface area is 136 Å². The zero-order chi connectivity index (χ0) is 15.9. The van der Waals surface area contributed by atoms with Gasteiger partial charge in [0, 0.05) is 24.8 Å². The van der Waals surface area contributed by atoms with E-state index in [-0.39, 0.29) is 11.9 Å². The number of carbonyl (C=O) groups is 2. The van der Waals surface area contributed by atoms with E-state index < -0.39 is 12.2 Å². The van der Waals surface area contributed by atoms with Gasteiger partial charge in [0.15, 0.2) is 6.17 Å². The van der Waals surface area contributed by atoms with E-state index in [4.69, 9.17) is 0 Å². The monoisotopic (exact) mass is 365 g/mol. The number of likely N-dealkylation sites (N-methyl/N-ethyl adjacent to an activating group) is 2. The molecule has 1 saturated heterocycles. The number of urea groups is 1. The van der Waals surface area contributed by atoms with Gasteiger partial charge in [-0.1, -0.05) is 0 Å². The zero-order valence-corrected chi connectivity index (χ0v) is 13.9. The van der Waals surface area contributed by atoms with E-state index in [1.54, 1.807) is 18.0 Å². The van der Waals surface area contributed by atoms with Gasteiger partial charge in [0.1, 0.15) is 16.5 Å². The molecular formula is C14H16BrN5O2. The van der Waals surface area contributed by atoms with Gasteiger partial charge in [-0.05, 0) is 41.9 Å². The Morgan fingerprint density at radius 3 is 2.64 bits per heavy atom. The number of fused-ring (bicyclic) bond motifs is 1. The first-order valence-corrected chi connectivity index (χ1v) is 7.94. The lowest BCUT2D eigenvalue weighted by Crippen LogP contribution is -2.65. The van der Waals surface area contributed by atoms with Crippen LogP contribution in [-0.4, -0.2) is 57.9 Å². The second-order valence-corrected chi connectivity index (χ2v) is 5.85. The summed E-state index contributed by atoms with van der Waals surface area (Å²) in [7, 11) is 0. The van der Waals surface area contributed by atoms with Crippen molar-refractivity contribution in [1.29, 1.82) is 0 Å². The number of carbonyl (C=O) groups excluding carboxylic acids is 2. The second-order valence-electron chi connectivity index (χ2n) is 5.03. The molecule has 1 aromatic heterocycles. The fraction of sp³-hybridized carbons (Fsp3) is 0.429. The average Bonchev–Trinajstić information content (AvgIpc) is 2.94. The molecule has 1 fully saturated rings. The van der Waals surface area contributed by atoms with Gasteiger partial charge < -0.3 is 5.32 Å². The smallest absolute Gasteiger partial charge is 0.328 e. The van der Waals surface area contributed by atoms with Gasteiger partial charge in [-0.3, -0.25) is 14.6 Å². The summed E-state index contributed by atoms with van der Waals surface area (Å²) < 4.78 is 0.728. The van der Waals surface area contributed by atoms with Gasteiger partial charge in [-0.2, -0.15) is 0 Å². The highest BCUT2D eigenvalue weighted by Crippen LogP contribution is 2.24. The van der Waals surface area contributed by atoms with Crippen molar-refractivity contribution >= 4 is 33.7 Å². The topological polar surface area (TPSA) is 77.9 Å². The first kappa shape index (κ1) is 15.0. The molecule has 2 aliphatic heterocycles. The Morgan fingerprint density at radius 2 is 2.05 bits per heavy atom. The van der Waals surface area contributed by atoms with Crippen LogP contribution in [0.2, 0.25) is 0 Å². The molecule has 8 heteroatoms. The van der Waals surface area contributed by atoms with Gasteiger partial charge in [-0.15, -0.1) is 0 Å². The summed E-state index contributed by atoms with van der Waals surface area (Å²) in [5.41, 5.74) is 0.789. The summed E-state index contributed by atoms with van der Waals surface area (Å²) >= 11 is 3.29. The Hall–Kier alpha value is -1.96. The Kier molecular flexibility index (Phi) is 3.86. The number of rotatable bonds is 3. The highest BCUT2D eigenvalue weighted by atomic mass is 79.9. The highest BCUT2D eigenvalue weighted by molar-refractivity contribution is 9.10. The van der Waals surface area contributed by atoms with Crippen LogP contribution in [0.1, 0.15) is 19.4 Å². The predicted molar refractivity (Wildman–Crippen MR) is 84.3 cm³/mol. The van der Waals surface area contributed by atoms with Crippen LogP contribution < -0.4 is 5.32 Å². The Morgan fingerprint density at radius 1 is 1.27 bits per heavy atom. The fourth-order valence-corrected chi connectivity index (χ4v) is 2.96. The molecule has 22 heavy (non-hydrogen) atoms. The summed E-state index contributed by atoms with van der Waals surface area (Å²) in [5, 5.41) is 3.14. The lowest BCUT2D eigenvalue weighted by Gasteiger charge is -2.39. The number of nitrogens with one attached hydrogen (secondary N) is 1. The van der Waals surface area contributed by atoms with Crippen LogP contribution in [0.25, 0.3) is 0 Å². The van der Waals surface area contributed by atoms with Crippen LogP contribution in [0.4, 0.5) is 4.79 Å². The van der Waals surface area contributed by atoms with E-state index in [0.717, 1.165) is 10.2 Å². The van der Waals surface area contributed by atoms with Crippen LogP contribution in [0.5, 0.6) is 0 Å². The van der Waals surface area contributed by atoms with E-state index in [2.05, 4.69) is 31.2 Å². The number of amidine groups is 1. The van der Waals surface area contributed by atoms with Gasteiger partial charge in [0.2, 0.25) is 0 Å². The van der Waals surface area contributed by atoms with Gasteiger partial charge in [0.05, 0.1) is 0 Å². The number of aromatic nitrogens is 1. The van der Waals surface area contributed by atoms with Crippen LogP contribution in [-0.2, 0) is 4.79 Å². The number of hydrogen-bond acceptors (Lipinski definition) is 5. The third-order valence-electron chi connectivity index (χ3n) is 3.84. The highest BCUT2D eigenvalue weighted by Gasteiger charge is 2.48. The van der Waals surface area contributed by atoms with Crippen molar-refractivity contribution in [1.82, 2.24) is 20.1 Å². The Balaban J connectivity index is 1.94. The molecule has 116 valence electrons. The number of imide groups is 1. The molecule has 1 N–H and O–H groups in total. The molecule has 0 saturated carbocycles. The molecule has 2 aliphatic rings. The molecule has 3 amide bonds. The lowest BCUT2D eigenvalue weighted by atomic mass is 10.1. The van der Waals surface area contributed by atoms with Crippen molar-refractivity contribution in [2.45, 2.75) is 26.1 Å². The summed E-state index contributed by atoms with van der Waals surface area (Å²) in [6.07, 6.45) is 1.18. The normalized spacial score (nSPS) is 24.2. The summed E-state index contributed by atoms with van der Waals surface area (Å²) in [5.74, 6) is 0.360. The molecule has 1 aromatic rings. The fourth-order valence-electron chi connectivity index (χ4n) is 2.72. The standard InChI is InChI=1S/C14H16BrN5O2/c1-3-19-12-10(13(21)20(4-2)14(19)22)17-11(18-12)8-5-6-9(15)16-7-8/h5-7,10,12H,3-4H2,1-2H3,(H,17,18). The summed E-state index contributed by atoms with van der Waals surface area (Å²) in [6.45, 7) is 4.53. The van der Waals surface area contributed by atoms with E-state index in [1.165, 1.54) is 4.90 Å². The van der Waals surface area contributed by atoms with Crippen LogP contribution >= 0.6 is 15.9 Å². The van der Waals surface area contributed by atoms with E-state index in [0.29, 0.717) is 18.9 Å². The predicted octanol–water partition coefficient (Wildman–Crippen LogP) is 1.19. The van der Waals surface area contributed by atoms with E-state index in [1.807, 2.05) is 19.1 Å². The van der Waals surface area contributed by atoms with Crippen molar-refractivity contribution < 1.29 is 9.59 Å². The number of hydrogen-bond donors (Lipinski definition) is 1. The number of halogens is 1. The summed E-state index contributed by atoms with van der Waals surface area (Å²) in [4.78, 5) is 36.4. The third-order valence-corrected chi connectivity index (χ3v) is 4.31. The third kappa shape index (κ3) is 2.27. The SMILES string of the molecule is CCN1C(=O)C2NC(c3ccc(Br)nc3)=NC2N(CC)C1=O. The van der Waals surface area contributed by atoms with Gasteiger partial charge in [-0.25, -0.2) is 14.8 Å². The quantitative estimate of drug-likeness (QED) is 0.816. The minimum Gasteiger partial charge on any atom is -0.355 e. The number of pyridine rings is 1. The summed E-state index contributed by atoms with van der Waals surface area (Å²) in [6, 6.07) is 2.86. The van der Waals surface area contributed by atoms with Crippen molar-refractivity contribution in [3.63, 3.8) is 0 Å². The van der Waals surface area contributed by atoms with Crippen molar-refractivity contribution in [2.75, 3.05) is 13.1 Å². The second kappa shape index (κ2) is 5.68. The van der Waals surface area contributed by atoms with Crippen molar-refractivity contribution in [2.24, 2.45) is 4.99 Å².